The fourth-order valence-corrected chi connectivity index (χ4v) is 5.22. The number of halogens is 1. The van der Waals surface area contributed by atoms with E-state index in [2.05, 4.69) is 5.32 Å². The lowest BCUT2D eigenvalue weighted by atomic mass is 10.2. The molecular formula is C26H35ClN3O12PS. The van der Waals surface area contributed by atoms with E-state index in [1.54, 1.807) is 12.1 Å². The van der Waals surface area contributed by atoms with Crippen molar-refractivity contribution in [2.75, 3.05) is 66.9 Å². The minimum absolute atomic E-state index is 0.0246. The Balaban J connectivity index is 1.68. The summed E-state index contributed by atoms with van der Waals surface area (Å²) in [5.41, 5.74) is 0.661. The summed E-state index contributed by atoms with van der Waals surface area (Å²) in [6, 6.07) is 11.8. The van der Waals surface area contributed by atoms with Crippen LogP contribution in [0, 0.1) is 0 Å². The SMILES string of the molecule is CNC(=O)OCc1ccc(OP(=O)(OC)OCCOC(=O)N(C)CCN(C)C(=O)OCCS(=O)(=O)c2ccc(Cl)cc2)cc1. The molecule has 18 heteroatoms. The number of carbonyl (C=O) groups excluding carboxylic acids is 3. The summed E-state index contributed by atoms with van der Waals surface area (Å²) in [5, 5.41) is 2.72. The molecule has 0 aliphatic carbocycles. The maximum absolute atomic E-state index is 12.7. The lowest BCUT2D eigenvalue weighted by molar-refractivity contribution is 0.0807. The number of phosphoric ester groups is 1. The third-order valence-corrected chi connectivity index (χ3v) is 8.97. The van der Waals surface area contributed by atoms with Crippen molar-refractivity contribution in [3.63, 3.8) is 0 Å². The van der Waals surface area contributed by atoms with Gasteiger partial charge in [0.2, 0.25) is 0 Å². The quantitative estimate of drug-likeness (QED) is 0.154. The second-order valence-corrected chi connectivity index (χ2v) is 13.1. The number of rotatable bonds is 16. The number of sulfone groups is 1. The van der Waals surface area contributed by atoms with Crippen LogP contribution in [0.1, 0.15) is 5.56 Å². The molecule has 244 valence electrons. The molecule has 15 nitrogen and oxygen atoms in total. The van der Waals surface area contributed by atoms with Crippen LogP contribution < -0.4 is 9.84 Å². The highest BCUT2D eigenvalue weighted by molar-refractivity contribution is 7.91. The molecule has 44 heavy (non-hydrogen) atoms. The first-order valence-electron chi connectivity index (χ1n) is 13.0. The molecule has 2 rings (SSSR count). The average molecular weight is 680 g/mol. The molecule has 1 atom stereocenters. The van der Waals surface area contributed by atoms with Gasteiger partial charge in [0.1, 0.15) is 25.6 Å². The van der Waals surface area contributed by atoms with Gasteiger partial charge < -0.3 is 33.9 Å². The van der Waals surface area contributed by atoms with Gasteiger partial charge in [0, 0.05) is 46.4 Å². The van der Waals surface area contributed by atoms with Gasteiger partial charge in [-0.25, -0.2) is 27.4 Å². The van der Waals surface area contributed by atoms with E-state index in [9.17, 15) is 27.4 Å². The third kappa shape index (κ3) is 12.6. The van der Waals surface area contributed by atoms with Crippen molar-refractivity contribution < 1.29 is 55.1 Å². The zero-order valence-corrected chi connectivity index (χ0v) is 27.1. The van der Waals surface area contributed by atoms with E-state index >= 15 is 0 Å². The molecule has 1 N–H and O–H groups in total. The molecular weight excluding hydrogens is 645 g/mol. The highest BCUT2D eigenvalue weighted by Gasteiger charge is 2.27. The first-order valence-corrected chi connectivity index (χ1v) is 16.4. The van der Waals surface area contributed by atoms with Gasteiger partial charge in [-0.3, -0.25) is 9.05 Å². The lowest BCUT2D eigenvalue weighted by Gasteiger charge is -2.22. The topological polar surface area (TPSA) is 176 Å². The standard InChI is InChI=1S/C26H35ClN3O12PS/c1-28-24(31)40-19-20-5-9-22(10-6-20)42-43(34,37-4)41-16-15-38-25(32)29(2)13-14-30(3)26(33)39-17-18-44(35,36)23-11-7-21(27)8-12-23/h5-12H,13-19H2,1-4H3,(H,28,31). The second kappa shape index (κ2) is 17.7. The fraction of sp³-hybridized carbons (Fsp3) is 0.423. The van der Waals surface area contributed by atoms with Gasteiger partial charge in [-0.15, -0.1) is 0 Å². The Labute approximate surface area is 260 Å². The average Bonchev–Trinajstić information content (AvgIpc) is 3.01. The highest BCUT2D eigenvalue weighted by Crippen LogP contribution is 2.48. The van der Waals surface area contributed by atoms with Crippen molar-refractivity contribution in [2.24, 2.45) is 0 Å². The van der Waals surface area contributed by atoms with E-state index in [4.69, 9.17) is 39.4 Å². The van der Waals surface area contributed by atoms with Crippen LogP contribution in [0.5, 0.6) is 5.75 Å². The summed E-state index contributed by atoms with van der Waals surface area (Å²) in [7, 11) is -2.26. The molecule has 0 aromatic heterocycles. The van der Waals surface area contributed by atoms with Crippen LogP contribution in [-0.4, -0.2) is 103 Å². The Morgan fingerprint density at radius 1 is 0.864 bits per heavy atom. The van der Waals surface area contributed by atoms with Crippen LogP contribution in [0.3, 0.4) is 0 Å². The van der Waals surface area contributed by atoms with Crippen LogP contribution in [0.4, 0.5) is 14.4 Å². The molecule has 0 saturated carbocycles. The Kier molecular flexibility index (Phi) is 14.7. The number of alkyl carbamates (subject to hydrolysis) is 1. The van der Waals surface area contributed by atoms with E-state index in [1.165, 1.54) is 67.3 Å². The summed E-state index contributed by atoms with van der Waals surface area (Å²) in [6.07, 6.45) is -2.10. The predicted molar refractivity (Wildman–Crippen MR) is 158 cm³/mol. The maximum atomic E-state index is 12.7. The van der Waals surface area contributed by atoms with E-state index in [0.717, 1.165) is 7.11 Å². The monoisotopic (exact) mass is 679 g/mol. The number of phosphoric acid groups is 1. The van der Waals surface area contributed by atoms with E-state index < -0.39 is 41.7 Å². The number of carbonyl (C=O) groups is 3. The Hall–Kier alpha value is -3.56. The molecule has 1 unspecified atom stereocenters. The first-order chi connectivity index (χ1) is 20.8. The van der Waals surface area contributed by atoms with Crippen LogP contribution in [-0.2, 0) is 44.3 Å². The van der Waals surface area contributed by atoms with Crippen LogP contribution in [0.2, 0.25) is 5.02 Å². The molecule has 0 aliphatic rings. The zero-order valence-electron chi connectivity index (χ0n) is 24.6. The molecule has 3 amide bonds. The third-order valence-electron chi connectivity index (χ3n) is 5.64. The number of ether oxygens (including phenoxy) is 3. The molecule has 2 aromatic carbocycles. The summed E-state index contributed by atoms with van der Waals surface area (Å²) in [5.74, 6) is -0.243. The summed E-state index contributed by atoms with van der Waals surface area (Å²) in [6.45, 7) is -0.798. The summed E-state index contributed by atoms with van der Waals surface area (Å²) in [4.78, 5) is 38.1. The molecule has 2 aromatic rings. The molecule has 0 heterocycles. The van der Waals surface area contributed by atoms with Gasteiger partial charge in [0.15, 0.2) is 9.84 Å². The van der Waals surface area contributed by atoms with Crippen molar-refractivity contribution in [1.82, 2.24) is 15.1 Å². The molecule has 0 saturated heterocycles. The normalized spacial score (nSPS) is 12.4. The molecule has 0 bridgehead atoms. The second-order valence-electron chi connectivity index (χ2n) is 8.87. The Morgan fingerprint density at radius 3 is 1.98 bits per heavy atom. The smallest absolute Gasteiger partial charge is 0.448 e. The van der Waals surface area contributed by atoms with Crippen molar-refractivity contribution in [1.29, 1.82) is 0 Å². The summed E-state index contributed by atoms with van der Waals surface area (Å²) >= 11 is 5.77. The lowest BCUT2D eigenvalue weighted by Crippen LogP contribution is -2.38. The predicted octanol–water partition coefficient (Wildman–Crippen LogP) is 3.96. The van der Waals surface area contributed by atoms with Crippen molar-refractivity contribution in [3.8, 4) is 5.75 Å². The molecule has 0 spiro atoms. The number of likely N-dealkylation sites (N-methyl/N-ethyl adjacent to an activating group) is 2. The van der Waals surface area contributed by atoms with Crippen molar-refractivity contribution in [3.05, 3.63) is 59.1 Å². The highest BCUT2D eigenvalue weighted by atomic mass is 35.5. The first kappa shape index (κ1) is 36.6. The minimum atomic E-state index is -4.03. The minimum Gasteiger partial charge on any atom is -0.448 e. The maximum Gasteiger partial charge on any atom is 0.529 e. The fourth-order valence-electron chi connectivity index (χ4n) is 3.09. The van der Waals surface area contributed by atoms with Gasteiger partial charge in [0.05, 0.1) is 17.3 Å². The number of hydrogen-bond acceptors (Lipinski definition) is 12. The van der Waals surface area contributed by atoms with Gasteiger partial charge in [-0.2, -0.15) is 0 Å². The van der Waals surface area contributed by atoms with E-state index in [-0.39, 0.29) is 50.2 Å². The van der Waals surface area contributed by atoms with Crippen LogP contribution in [0.15, 0.2) is 53.4 Å². The van der Waals surface area contributed by atoms with Crippen molar-refractivity contribution >= 4 is 47.5 Å². The molecule has 0 fully saturated rings. The largest absolute Gasteiger partial charge is 0.529 e. The summed E-state index contributed by atoms with van der Waals surface area (Å²) < 4.78 is 67.9. The number of benzene rings is 2. The number of hydrogen-bond donors (Lipinski definition) is 1. The van der Waals surface area contributed by atoms with Gasteiger partial charge in [-0.05, 0) is 42.0 Å². The van der Waals surface area contributed by atoms with E-state index in [0.29, 0.717) is 10.6 Å². The molecule has 0 radical (unpaired) electrons. The van der Waals surface area contributed by atoms with Crippen LogP contribution >= 0.6 is 19.4 Å². The van der Waals surface area contributed by atoms with Gasteiger partial charge in [-0.1, -0.05) is 23.7 Å². The van der Waals surface area contributed by atoms with Crippen molar-refractivity contribution in [2.45, 2.75) is 11.5 Å². The number of nitrogens with zero attached hydrogens (tertiary/aromatic N) is 2. The number of nitrogens with one attached hydrogen (secondary N) is 1. The Bertz CT molecular complexity index is 1390. The van der Waals surface area contributed by atoms with Gasteiger partial charge in [0.25, 0.3) is 0 Å². The van der Waals surface area contributed by atoms with Gasteiger partial charge >= 0.3 is 26.1 Å². The molecule has 0 aliphatic heterocycles. The Morgan fingerprint density at radius 2 is 1.43 bits per heavy atom. The van der Waals surface area contributed by atoms with Crippen LogP contribution in [0.25, 0.3) is 0 Å². The zero-order chi connectivity index (χ0) is 32.8. The number of amides is 3. The van der Waals surface area contributed by atoms with E-state index in [1.807, 2.05) is 0 Å².